The second kappa shape index (κ2) is 7.18. The van der Waals surface area contributed by atoms with Crippen molar-refractivity contribution in [3.63, 3.8) is 0 Å². The highest BCUT2D eigenvalue weighted by atomic mass is 16.5. The maximum atomic E-state index is 5.26. The summed E-state index contributed by atoms with van der Waals surface area (Å²) in [5, 5.41) is 7.61. The van der Waals surface area contributed by atoms with Gasteiger partial charge >= 0.3 is 0 Å². The first-order valence-electron chi connectivity index (χ1n) is 7.82. The molecule has 1 aliphatic rings. The summed E-state index contributed by atoms with van der Waals surface area (Å²) in [6.07, 6.45) is 2.52. The predicted octanol–water partition coefficient (Wildman–Crippen LogP) is 2.40. The van der Waals surface area contributed by atoms with Crippen molar-refractivity contribution in [1.29, 1.82) is 0 Å². The van der Waals surface area contributed by atoms with Crippen molar-refractivity contribution in [2.24, 2.45) is 5.92 Å². The lowest BCUT2D eigenvalue weighted by molar-refractivity contribution is 0.169. The van der Waals surface area contributed by atoms with E-state index in [4.69, 9.17) is 4.52 Å². The van der Waals surface area contributed by atoms with Crippen LogP contribution >= 0.6 is 0 Å². The largest absolute Gasteiger partial charge is 0.339 e. The summed E-state index contributed by atoms with van der Waals surface area (Å²) >= 11 is 0. The van der Waals surface area contributed by atoms with Crippen LogP contribution in [0.4, 0.5) is 0 Å². The van der Waals surface area contributed by atoms with E-state index in [9.17, 15) is 0 Å². The standard InChI is InChI=1S/C15H28N4O/c1-11(2)15-17-14(18-20-15)10-19-7-5-13(6-8-19)9-16-12(3)4/h11-13,16H,5-10H2,1-4H3. The Bertz CT molecular complexity index is 394. The first kappa shape index (κ1) is 15.4. The molecule has 0 atom stereocenters. The molecule has 5 nitrogen and oxygen atoms in total. The third kappa shape index (κ3) is 4.56. The molecule has 2 heterocycles. The lowest BCUT2D eigenvalue weighted by atomic mass is 9.96. The molecule has 0 unspecified atom stereocenters. The fourth-order valence-electron chi connectivity index (χ4n) is 2.52. The zero-order valence-corrected chi connectivity index (χ0v) is 13.2. The smallest absolute Gasteiger partial charge is 0.229 e. The molecule has 1 fully saturated rings. The first-order valence-corrected chi connectivity index (χ1v) is 7.82. The topological polar surface area (TPSA) is 54.2 Å². The van der Waals surface area contributed by atoms with E-state index >= 15 is 0 Å². The van der Waals surface area contributed by atoms with Crippen LogP contribution in [-0.4, -0.2) is 40.7 Å². The molecule has 0 bridgehead atoms. The molecule has 1 aliphatic heterocycles. The molecule has 1 aromatic rings. The highest BCUT2D eigenvalue weighted by molar-refractivity contribution is 4.91. The molecular weight excluding hydrogens is 252 g/mol. The third-order valence-electron chi connectivity index (χ3n) is 3.86. The number of aromatic nitrogens is 2. The van der Waals surface area contributed by atoms with Gasteiger partial charge in [0.2, 0.25) is 5.89 Å². The number of nitrogens with one attached hydrogen (secondary N) is 1. The lowest BCUT2D eigenvalue weighted by Crippen LogP contribution is -2.38. The molecule has 0 spiro atoms. The van der Waals surface area contributed by atoms with E-state index in [1.165, 1.54) is 12.8 Å². The quantitative estimate of drug-likeness (QED) is 0.867. The van der Waals surface area contributed by atoms with Gasteiger partial charge in [0.15, 0.2) is 5.82 Å². The Balaban J connectivity index is 1.73. The van der Waals surface area contributed by atoms with Gasteiger partial charge in [0, 0.05) is 12.0 Å². The summed E-state index contributed by atoms with van der Waals surface area (Å²) in [4.78, 5) is 6.88. The van der Waals surface area contributed by atoms with Crippen LogP contribution in [0, 0.1) is 5.92 Å². The summed E-state index contributed by atoms with van der Waals surface area (Å²) in [6, 6.07) is 0.585. The second-order valence-electron chi connectivity index (χ2n) is 6.49. The van der Waals surface area contributed by atoms with E-state index in [1.54, 1.807) is 0 Å². The monoisotopic (exact) mass is 280 g/mol. The van der Waals surface area contributed by atoms with Crippen molar-refractivity contribution in [3.8, 4) is 0 Å². The predicted molar refractivity (Wildman–Crippen MR) is 79.5 cm³/mol. The van der Waals surface area contributed by atoms with Gasteiger partial charge in [-0.3, -0.25) is 4.90 Å². The van der Waals surface area contributed by atoms with Crippen molar-refractivity contribution < 1.29 is 4.52 Å². The molecule has 0 aromatic carbocycles. The van der Waals surface area contributed by atoms with Gasteiger partial charge in [0.25, 0.3) is 0 Å². The van der Waals surface area contributed by atoms with Gasteiger partial charge in [0.1, 0.15) is 0 Å². The number of nitrogens with zero attached hydrogens (tertiary/aromatic N) is 3. The fourth-order valence-corrected chi connectivity index (χ4v) is 2.52. The summed E-state index contributed by atoms with van der Waals surface area (Å²) in [7, 11) is 0. The number of piperidine rings is 1. The molecule has 1 N–H and O–H groups in total. The molecule has 1 saturated heterocycles. The molecule has 20 heavy (non-hydrogen) atoms. The summed E-state index contributed by atoms with van der Waals surface area (Å²) in [5.41, 5.74) is 0. The molecule has 0 radical (unpaired) electrons. The average molecular weight is 280 g/mol. The Kier molecular flexibility index (Phi) is 5.54. The van der Waals surface area contributed by atoms with Crippen LogP contribution in [0.15, 0.2) is 4.52 Å². The van der Waals surface area contributed by atoms with Crippen LogP contribution in [0.1, 0.15) is 58.2 Å². The van der Waals surface area contributed by atoms with Gasteiger partial charge in [-0.25, -0.2) is 0 Å². The van der Waals surface area contributed by atoms with E-state index in [2.05, 4.69) is 48.1 Å². The number of hydrogen-bond acceptors (Lipinski definition) is 5. The maximum Gasteiger partial charge on any atom is 0.229 e. The van der Waals surface area contributed by atoms with Crippen molar-refractivity contribution in [2.75, 3.05) is 19.6 Å². The van der Waals surface area contributed by atoms with Crippen molar-refractivity contribution in [2.45, 2.75) is 59.0 Å². The molecule has 0 aliphatic carbocycles. The highest BCUT2D eigenvalue weighted by Crippen LogP contribution is 2.18. The number of likely N-dealkylation sites (tertiary alicyclic amines) is 1. The normalized spacial score (nSPS) is 18.3. The highest BCUT2D eigenvalue weighted by Gasteiger charge is 2.21. The van der Waals surface area contributed by atoms with Crippen LogP contribution in [0.2, 0.25) is 0 Å². The maximum absolute atomic E-state index is 5.26. The molecule has 1 aromatic heterocycles. The molecule has 0 amide bonds. The number of hydrogen-bond donors (Lipinski definition) is 1. The summed E-state index contributed by atoms with van der Waals surface area (Å²) < 4.78 is 5.26. The van der Waals surface area contributed by atoms with Crippen molar-refractivity contribution in [1.82, 2.24) is 20.4 Å². The molecular formula is C15H28N4O. The van der Waals surface area contributed by atoms with Gasteiger partial charge in [-0.1, -0.05) is 32.9 Å². The van der Waals surface area contributed by atoms with E-state index in [-0.39, 0.29) is 0 Å². The van der Waals surface area contributed by atoms with Crippen LogP contribution in [0.25, 0.3) is 0 Å². The molecule has 0 saturated carbocycles. The average Bonchev–Trinajstić information content (AvgIpc) is 2.86. The zero-order valence-electron chi connectivity index (χ0n) is 13.2. The van der Waals surface area contributed by atoms with E-state index in [0.717, 1.165) is 43.8 Å². The Morgan fingerprint density at radius 2 is 1.95 bits per heavy atom. The van der Waals surface area contributed by atoms with Gasteiger partial charge < -0.3 is 9.84 Å². The van der Waals surface area contributed by atoms with Crippen LogP contribution in [0.3, 0.4) is 0 Å². The van der Waals surface area contributed by atoms with Crippen LogP contribution in [-0.2, 0) is 6.54 Å². The summed E-state index contributed by atoms with van der Waals surface area (Å²) in [6.45, 7) is 12.8. The number of rotatable bonds is 6. The summed E-state index contributed by atoms with van der Waals surface area (Å²) in [5.74, 6) is 2.69. The van der Waals surface area contributed by atoms with Gasteiger partial charge in [0.05, 0.1) is 6.54 Å². The third-order valence-corrected chi connectivity index (χ3v) is 3.86. The SMILES string of the molecule is CC(C)NCC1CCN(Cc2noc(C(C)C)n2)CC1. The second-order valence-corrected chi connectivity index (χ2v) is 6.49. The molecule has 2 rings (SSSR count). The van der Waals surface area contributed by atoms with E-state index in [0.29, 0.717) is 12.0 Å². The zero-order chi connectivity index (χ0) is 14.5. The Labute approximate surface area is 122 Å². The van der Waals surface area contributed by atoms with Gasteiger partial charge in [-0.2, -0.15) is 4.98 Å². The Morgan fingerprint density at radius 3 is 2.50 bits per heavy atom. The minimum absolute atomic E-state index is 0.309. The fraction of sp³-hybridized carbons (Fsp3) is 0.867. The van der Waals surface area contributed by atoms with E-state index < -0.39 is 0 Å². The van der Waals surface area contributed by atoms with Crippen LogP contribution < -0.4 is 5.32 Å². The van der Waals surface area contributed by atoms with Crippen LogP contribution in [0.5, 0.6) is 0 Å². The van der Waals surface area contributed by atoms with Crippen molar-refractivity contribution >= 4 is 0 Å². The molecule has 5 heteroatoms. The first-order chi connectivity index (χ1) is 9.54. The minimum Gasteiger partial charge on any atom is -0.339 e. The van der Waals surface area contributed by atoms with Gasteiger partial charge in [-0.05, 0) is 38.4 Å². The van der Waals surface area contributed by atoms with Gasteiger partial charge in [-0.15, -0.1) is 0 Å². The van der Waals surface area contributed by atoms with Crippen molar-refractivity contribution in [3.05, 3.63) is 11.7 Å². The Morgan fingerprint density at radius 1 is 1.25 bits per heavy atom. The minimum atomic E-state index is 0.309. The Hall–Kier alpha value is -0.940. The lowest BCUT2D eigenvalue weighted by Gasteiger charge is -2.31. The van der Waals surface area contributed by atoms with E-state index in [1.807, 2.05) is 0 Å². The molecule has 114 valence electrons.